The van der Waals surface area contributed by atoms with Gasteiger partial charge in [0.05, 0.1) is 6.04 Å². The first-order valence-corrected chi connectivity index (χ1v) is 9.21. The molecule has 0 aromatic carbocycles. The van der Waals surface area contributed by atoms with E-state index < -0.39 is 0 Å². The highest BCUT2D eigenvalue weighted by Crippen LogP contribution is 2.13. The summed E-state index contributed by atoms with van der Waals surface area (Å²) in [6.07, 6.45) is 16.8. The molecule has 1 saturated heterocycles. The smallest absolute Gasteiger partial charge is 0.217 e. The number of hydrogen-bond acceptors (Lipinski definition) is 3. The van der Waals surface area contributed by atoms with Crippen LogP contribution in [0.3, 0.4) is 0 Å². The van der Waals surface area contributed by atoms with Crippen molar-refractivity contribution < 1.29 is 4.79 Å². The molecule has 0 aliphatic carbocycles. The normalized spacial score (nSPS) is 17.8. The van der Waals surface area contributed by atoms with Crippen LogP contribution in [0.25, 0.3) is 0 Å². The van der Waals surface area contributed by atoms with E-state index in [1.807, 2.05) is 0 Å². The zero-order valence-electron chi connectivity index (χ0n) is 14.0. The number of nitrogens with one attached hydrogen (secondary N) is 1. The molecule has 1 rings (SSSR count). The summed E-state index contributed by atoms with van der Waals surface area (Å²) in [6, 6.07) is 0.0427. The number of hydrogen-bond donors (Lipinski definition) is 1. The van der Waals surface area contributed by atoms with E-state index in [0.29, 0.717) is 0 Å². The Hall–Kier alpha value is -0.410. The maximum atomic E-state index is 11.1. The standard InChI is InChI=1S/C18H35N2O/c1-2-3-4-5-6-7-8-9-10-11-12-18(17-21)20-15-13-19-14-16-20/h18-19H,2-16H2,1H3. The first-order chi connectivity index (χ1) is 10.4. The van der Waals surface area contributed by atoms with Crippen molar-refractivity contribution >= 4 is 6.29 Å². The second kappa shape index (κ2) is 13.3. The van der Waals surface area contributed by atoms with Crippen molar-refractivity contribution in [2.75, 3.05) is 26.2 Å². The molecular formula is C18H35N2O. The fourth-order valence-corrected chi connectivity index (χ4v) is 3.13. The zero-order valence-corrected chi connectivity index (χ0v) is 14.0. The van der Waals surface area contributed by atoms with Crippen LogP contribution in [0, 0.1) is 0 Å². The third-order valence-corrected chi connectivity index (χ3v) is 4.56. The second-order valence-electron chi connectivity index (χ2n) is 6.39. The van der Waals surface area contributed by atoms with Crippen molar-refractivity contribution in [3.8, 4) is 0 Å². The fourth-order valence-electron chi connectivity index (χ4n) is 3.13. The van der Waals surface area contributed by atoms with Gasteiger partial charge in [-0.25, -0.2) is 0 Å². The molecule has 0 amide bonds. The van der Waals surface area contributed by atoms with Gasteiger partial charge in [0.2, 0.25) is 6.29 Å². The lowest BCUT2D eigenvalue weighted by Gasteiger charge is -2.31. The lowest BCUT2D eigenvalue weighted by molar-refractivity contribution is 0.199. The van der Waals surface area contributed by atoms with Crippen LogP contribution in [0.5, 0.6) is 0 Å². The molecule has 3 heteroatoms. The summed E-state index contributed by atoms with van der Waals surface area (Å²) in [6.45, 7) is 6.28. The van der Waals surface area contributed by atoms with Gasteiger partial charge in [-0.15, -0.1) is 0 Å². The third kappa shape index (κ3) is 9.26. The first-order valence-electron chi connectivity index (χ1n) is 9.21. The Balaban J connectivity index is 1.91. The Kier molecular flexibility index (Phi) is 11.8. The Bertz CT molecular complexity index is 239. The molecule has 1 unspecified atom stereocenters. The minimum Gasteiger partial charge on any atom is -0.314 e. The molecule has 21 heavy (non-hydrogen) atoms. The maximum Gasteiger partial charge on any atom is 0.217 e. The van der Waals surface area contributed by atoms with E-state index in [9.17, 15) is 4.79 Å². The Morgan fingerprint density at radius 2 is 1.43 bits per heavy atom. The molecule has 0 bridgehead atoms. The molecule has 1 N–H and O–H groups in total. The lowest BCUT2D eigenvalue weighted by Crippen LogP contribution is -2.49. The highest BCUT2D eigenvalue weighted by molar-refractivity contribution is 5.58. The van der Waals surface area contributed by atoms with E-state index in [2.05, 4.69) is 23.4 Å². The van der Waals surface area contributed by atoms with Crippen molar-refractivity contribution in [3.63, 3.8) is 0 Å². The lowest BCUT2D eigenvalue weighted by atomic mass is 10.0. The molecule has 1 aliphatic rings. The van der Waals surface area contributed by atoms with Gasteiger partial charge >= 0.3 is 0 Å². The molecule has 1 heterocycles. The van der Waals surface area contributed by atoms with Crippen LogP contribution in [-0.2, 0) is 4.79 Å². The molecule has 0 aromatic heterocycles. The Morgan fingerprint density at radius 3 is 1.95 bits per heavy atom. The number of rotatable bonds is 13. The van der Waals surface area contributed by atoms with Crippen molar-refractivity contribution in [2.45, 2.75) is 83.6 Å². The number of unbranched alkanes of at least 4 members (excludes halogenated alkanes) is 9. The van der Waals surface area contributed by atoms with E-state index in [4.69, 9.17) is 0 Å². The summed E-state index contributed by atoms with van der Waals surface area (Å²) >= 11 is 0. The summed E-state index contributed by atoms with van der Waals surface area (Å²) in [5.41, 5.74) is 0. The van der Waals surface area contributed by atoms with Crippen LogP contribution in [-0.4, -0.2) is 43.4 Å². The van der Waals surface area contributed by atoms with Crippen molar-refractivity contribution in [1.82, 2.24) is 10.2 Å². The van der Waals surface area contributed by atoms with Gasteiger partial charge in [0, 0.05) is 26.2 Å². The molecule has 3 nitrogen and oxygen atoms in total. The van der Waals surface area contributed by atoms with Crippen LogP contribution in [0.4, 0.5) is 0 Å². The predicted molar refractivity (Wildman–Crippen MR) is 90.4 cm³/mol. The molecule has 0 spiro atoms. The first kappa shape index (κ1) is 18.6. The van der Waals surface area contributed by atoms with Crippen molar-refractivity contribution in [2.24, 2.45) is 0 Å². The number of nitrogens with zero attached hydrogens (tertiary/aromatic N) is 1. The average molecular weight is 295 g/mol. The summed E-state index contributed by atoms with van der Waals surface area (Å²) in [5, 5.41) is 3.33. The highest BCUT2D eigenvalue weighted by Gasteiger charge is 2.19. The summed E-state index contributed by atoms with van der Waals surface area (Å²) in [5.74, 6) is 0. The van der Waals surface area contributed by atoms with Crippen molar-refractivity contribution in [3.05, 3.63) is 0 Å². The summed E-state index contributed by atoms with van der Waals surface area (Å²) in [4.78, 5) is 13.4. The molecular weight excluding hydrogens is 260 g/mol. The molecule has 123 valence electrons. The van der Waals surface area contributed by atoms with E-state index in [-0.39, 0.29) is 6.04 Å². The average Bonchev–Trinajstić information content (AvgIpc) is 2.54. The second-order valence-corrected chi connectivity index (χ2v) is 6.39. The van der Waals surface area contributed by atoms with Gasteiger partial charge in [-0.1, -0.05) is 71.1 Å². The van der Waals surface area contributed by atoms with Gasteiger partial charge < -0.3 is 5.32 Å². The van der Waals surface area contributed by atoms with Crippen molar-refractivity contribution in [1.29, 1.82) is 0 Å². The van der Waals surface area contributed by atoms with Crippen LogP contribution < -0.4 is 5.32 Å². The minimum atomic E-state index is 0.0427. The van der Waals surface area contributed by atoms with Gasteiger partial charge in [0.25, 0.3) is 0 Å². The van der Waals surface area contributed by atoms with Crippen LogP contribution in [0.1, 0.15) is 77.6 Å². The molecule has 0 aromatic rings. The maximum absolute atomic E-state index is 11.1. The SMILES string of the molecule is CCCCCCCCCCCCC([C]=O)N1CCNCC1. The molecule has 1 aliphatic heterocycles. The van der Waals surface area contributed by atoms with E-state index in [1.54, 1.807) is 0 Å². The van der Waals surface area contributed by atoms with Gasteiger partial charge in [-0.05, 0) is 6.42 Å². The Morgan fingerprint density at radius 1 is 0.905 bits per heavy atom. The van der Waals surface area contributed by atoms with Crippen LogP contribution >= 0.6 is 0 Å². The zero-order chi connectivity index (χ0) is 15.2. The molecule has 0 saturated carbocycles. The van der Waals surface area contributed by atoms with E-state index in [1.165, 1.54) is 64.2 Å². The fraction of sp³-hybridized carbons (Fsp3) is 0.944. The Labute approximate surface area is 131 Å². The molecule has 1 atom stereocenters. The summed E-state index contributed by atoms with van der Waals surface area (Å²) < 4.78 is 0. The quantitative estimate of drug-likeness (QED) is 0.526. The van der Waals surface area contributed by atoms with Gasteiger partial charge in [-0.3, -0.25) is 9.69 Å². The third-order valence-electron chi connectivity index (χ3n) is 4.56. The largest absolute Gasteiger partial charge is 0.314 e. The molecule has 1 fully saturated rings. The van der Waals surface area contributed by atoms with Gasteiger partial charge in [0.1, 0.15) is 0 Å². The van der Waals surface area contributed by atoms with E-state index in [0.717, 1.165) is 32.6 Å². The monoisotopic (exact) mass is 295 g/mol. The highest BCUT2D eigenvalue weighted by atomic mass is 16.1. The summed E-state index contributed by atoms with van der Waals surface area (Å²) in [7, 11) is 0. The topological polar surface area (TPSA) is 32.3 Å². The van der Waals surface area contributed by atoms with Gasteiger partial charge in [-0.2, -0.15) is 0 Å². The van der Waals surface area contributed by atoms with E-state index >= 15 is 0 Å². The van der Waals surface area contributed by atoms with Gasteiger partial charge in [0.15, 0.2) is 0 Å². The number of piperazine rings is 1. The minimum absolute atomic E-state index is 0.0427. The van der Waals surface area contributed by atoms with Crippen LogP contribution in [0.15, 0.2) is 0 Å². The predicted octanol–water partition coefficient (Wildman–Crippen LogP) is 3.68. The molecule has 1 radical (unpaired) electrons. The van der Waals surface area contributed by atoms with Crippen LogP contribution in [0.2, 0.25) is 0 Å². The number of carbonyl (C=O) groups excluding carboxylic acids is 1.